The number of hydrogen-bond donors (Lipinski definition) is 7. The number of carboxylic acids is 1. The third kappa shape index (κ3) is 9.42. The molecule has 0 radical (unpaired) electrons. The molecule has 0 aromatic carbocycles. The number of carbonyl (C=O) groups excluding carboxylic acids is 3. The van der Waals surface area contributed by atoms with E-state index in [2.05, 4.69) is 38.5 Å². The Bertz CT molecular complexity index is 788. The summed E-state index contributed by atoms with van der Waals surface area (Å²) in [5.41, 5.74) is 6.59. The SMILES string of the molecule is CCC(C)C(NC(=O)C(CC(C)C)NC(=O)C(CS)NC(=O)C(N)Cc1cnc[nH]1)C(=O)O. The van der Waals surface area contributed by atoms with Crippen LogP contribution in [-0.2, 0) is 25.6 Å². The molecule has 0 aliphatic carbocycles. The number of aromatic amines is 1. The molecule has 1 aromatic heterocycles. The predicted molar refractivity (Wildman–Crippen MR) is 126 cm³/mol. The van der Waals surface area contributed by atoms with Gasteiger partial charge < -0.3 is 31.8 Å². The van der Waals surface area contributed by atoms with Crippen molar-refractivity contribution in [3.05, 3.63) is 18.2 Å². The van der Waals surface area contributed by atoms with Gasteiger partial charge in [0.25, 0.3) is 0 Å². The van der Waals surface area contributed by atoms with E-state index < -0.39 is 47.9 Å². The minimum Gasteiger partial charge on any atom is -0.480 e. The van der Waals surface area contributed by atoms with Crippen LogP contribution in [0.15, 0.2) is 12.5 Å². The summed E-state index contributed by atoms with van der Waals surface area (Å²) in [6.07, 6.45) is 4.08. The number of carboxylic acid groups (broad SMARTS) is 1. The van der Waals surface area contributed by atoms with Crippen molar-refractivity contribution in [2.75, 3.05) is 5.75 Å². The molecule has 3 amide bonds. The number of imidazole rings is 1. The van der Waals surface area contributed by atoms with Crippen LogP contribution in [-0.4, -0.2) is 68.7 Å². The summed E-state index contributed by atoms with van der Waals surface area (Å²) in [5.74, 6) is -3.16. The van der Waals surface area contributed by atoms with Gasteiger partial charge in [-0.2, -0.15) is 12.6 Å². The molecule has 0 aliphatic rings. The smallest absolute Gasteiger partial charge is 0.326 e. The first-order valence-corrected chi connectivity index (χ1v) is 11.6. The van der Waals surface area contributed by atoms with Crippen molar-refractivity contribution in [3.63, 3.8) is 0 Å². The number of aromatic nitrogens is 2. The number of rotatable bonds is 14. The van der Waals surface area contributed by atoms with Crippen LogP contribution >= 0.6 is 12.6 Å². The highest BCUT2D eigenvalue weighted by Crippen LogP contribution is 2.11. The number of aliphatic carboxylic acids is 1. The number of nitrogens with zero attached hydrogens (tertiary/aromatic N) is 1. The molecule has 0 saturated heterocycles. The summed E-state index contributed by atoms with van der Waals surface area (Å²) in [6, 6.07) is -3.99. The van der Waals surface area contributed by atoms with Crippen LogP contribution < -0.4 is 21.7 Å². The van der Waals surface area contributed by atoms with Crippen LogP contribution in [0.1, 0.15) is 46.2 Å². The molecule has 0 fully saturated rings. The van der Waals surface area contributed by atoms with Gasteiger partial charge in [-0.15, -0.1) is 0 Å². The van der Waals surface area contributed by atoms with Gasteiger partial charge in [0.05, 0.1) is 12.4 Å². The van der Waals surface area contributed by atoms with Crippen LogP contribution in [0.2, 0.25) is 0 Å². The average Bonchev–Trinajstić information content (AvgIpc) is 3.26. The third-order valence-corrected chi connectivity index (χ3v) is 5.63. The standard InChI is InChI=1S/C21H36N6O5S/c1-5-12(4)17(21(31)32)27-19(29)15(6-11(2)3)25-20(30)16(9-33)26-18(28)14(22)7-13-8-23-10-24-13/h8,10-12,14-17,33H,5-7,9,22H2,1-4H3,(H,23,24)(H,25,30)(H,26,28)(H,27,29)(H,31,32). The highest BCUT2D eigenvalue weighted by molar-refractivity contribution is 7.80. The zero-order chi connectivity index (χ0) is 25.1. The predicted octanol–water partition coefficient (Wildman–Crippen LogP) is -0.159. The van der Waals surface area contributed by atoms with E-state index in [4.69, 9.17) is 5.73 Å². The van der Waals surface area contributed by atoms with Gasteiger partial charge in [0.1, 0.15) is 18.1 Å². The van der Waals surface area contributed by atoms with Gasteiger partial charge in [-0.05, 0) is 18.3 Å². The van der Waals surface area contributed by atoms with Gasteiger partial charge in [0, 0.05) is 24.1 Å². The fraction of sp³-hybridized carbons (Fsp3) is 0.667. The van der Waals surface area contributed by atoms with Crippen LogP contribution in [0.5, 0.6) is 0 Å². The van der Waals surface area contributed by atoms with Gasteiger partial charge in [-0.3, -0.25) is 14.4 Å². The minimum atomic E-state index is -1.14. The van der Waals surface area contributed by atoms with Crippen molar-refractivity contribution >= 4 is 36.3 Å². The summed E-state index contributed by atoms with van der Waals surface area (Å²) < 4.78 is 0. The van der Waals surface area contributed by atoms with E-state index in [-0.39, 0.29) is 30.4 Å². The molecule has 5 unspecified atom stereocenters. The van der Waals surface area contributed by atoms with Crippen molar-refractivity contribution in [2.45, 2.75) is 71.1 Å². The Kier molecular flexibility index (Phi) is 11.9. The van der Waals surface area contributed by atoms with E-state index in [1.165, 1.54) is 6.33 Å². The van der Waals surface area contributed by atoms with Crippen molar-refractivity contribution in [1.82, 2.24) is 25.9 Å². The highest BCUT2D eigenvalue weighted by Gasteiger charge is 2.32. The summed E-state index contributed by atoms with van der Waals surface area (Å²) >= 11 is 4.14. The average molecular weight is 485 g/mol. The molecule has 0 saturated carbocycles. The number of hydrogen-bond acceptors (Lipinski definition) is 7. The van der Waals surface area contributed by atoms with Gasteiger partial charge in [-0.1, -0.05) is 34.1 Å². The number of carbonyl (C=O) groups is 4. The number of H-pyrrole nitrogens is 1. The van der Waals surface area contributed by atoms with Crippen LogP contribution in [0.4, 0.5) is 0 Å². The van der Waals surface area contributed by atoms with E-state index in [1.54, 1.807) is 13.1 Å². The molecule has 11 nitrogen and oxygen atoms in total. The Hall–Kier alpha value is -2.60. The minimum absolute atomic E-state index is 0.0189. The monoisotopic (exact) mass is 484 g/mol. The Morgan fingerprint density at radius 1 is 1.09 bits per heavy atom. The molecule has 12 heteroatoms. The quantitative estimate of drug-likeness (QED) is 0.179. The second kappa shape index (κ2) is 13.8. The first-order valence-electron chi connectivity index (χ1n) is 11.0. The van der Waals surface area contributed by atoms with E-state index in [9.17, 15) is 24.3 Å². The molecular weight excluding hydrogens is 448 g/mol. The molecule has 0 aliphatic heterocycles. The number of amides is 3. The van der Waals surface area contributed by atoms with E-state index >= 15 is 0 Å². The number of thiol groups is 1. The van der Waals surface area contributed by atoms with Crippen LogP contribution in [0.3, 0.4) is 0 Å². The second-order valence-electron chi connectivity index (χ2n) is 8.53. The molecule has 1 aromatic rings. The number of nitrogens with two attached hydrogens (primary N) is 1. The zero-order valence-corrected chi connectivity index (χ0v) is 20.4. The summed E-state index contributed by atoms with van der Waals surface area (Å²) in [6.45, 7) is 7.31. The fourth-order valence-electron chi connectivity index (χ4n) is 3.11. The summed E-state index contributed by atoms with van der Waals surface area (Å²) in [5, 5.41) is 17.2. The lowest BCUT2D eigenvalue weighted by Gasteiger charge is -2.27. The maximum atomic E-state index is 12.8. The lowest BCUT2D eigenvalue weighted by atomic mass is 9.97. The maximum Gasteiger partial charge on any atom is 0.326 e. The molecule has 1 heterocycles. The normalized spacial score (nSPS) is 15.7. The van der Waals surface area contributed by atoms with E-state index in [1.807, 2.05) is 20.8 Å². The van der Waals surface area contributed by atoms with Crippen molar-refractivity contribution < 1.29 is 24.3 Å². The molecule has 33 heavy (non-hydrogen) atoms. The maximum absolute atomic E-state index is 12.8. The summed E-state index contributed by atoms with van der Waals surface area (Å²) in [7, 11) is 0. The summed E-state index contributed by atoms with van der Waals surface area (Å²) in [4.78, 5) is 56.4. The fourth-order valence-corrected chi connectivity index (χ4v) is 3.37. The van der Waals surface area contributed by atoms with Crippen molar-refractivity contribution in [2.24, 2.45) is 17.6 Å². The molecule has 186 valence electrons. The topological polar surface area (TPSA) is 179 Å². The number of nitrogens with one attached hydrogen (secondary N) is 4. The first kappa shape index (κ1) is 28.4. The Morgan fingerprint density at radius 2 is 1.70 bits per heavy atom. The van der Waals surface area contributed by atoms with Gasteiger partial charge in [0.15, 0.2) is 0 Å². The molecule has 5 atom stereocenters. The largest absolute Gasteiger partial charge is 0.480 e. The van der Waals surface area contributed by atoms with E-state index in [0.717, 1.165) is 0 Å². The Morgan fingerprint density at radius 3 is 2.18 bits per heavy atom. The molecular formula is C21H36N6O5S. The van der Waals surface area contributed by atoms with Crippen molar-refractivity contribution in [3.8, 4) is 0 Å². The lowest BCUT2D eigenvalue weighted by Crippen LogP contribution is -2.58. The third-order valence-electron chi connectivity index (χ3n) is 5.26. The highest BCUT2D eigenvalue weighted by atomic mass is 32.1. The van der Waals surface area contributed by atoms with Gasteiger partial charge in [-0.25, -0.2) is 9.78 Å². The Balaban J connectivity index is 2.84. The lowest BCUT2D eigenvalue weighted by molar-refractivity contribution is -0.144. The van der Waals surface area contributed by atoms with Gasteiger partial charge >= 0.3 is 5.97 Å². The van der Waals surface area contributed by atoms with Crippen molar-refractivity contribution in [1.29, 1.82) is 0 Å². The first-order chi connectivity index (χ1) is 15.5. The van der Waals surface area contributed by atoms with Crippen LogP contribution in [0.25, 0.3) is 0 Å². The molecule has 0 spiro atoms. The zero-order valence-electron chi connectivity index (χ0n) is 19.5. The molecule has 1 rings (SSSR count). The molecule has 7 N–H and O–H groups in total. The molecule has 0 bridgehead atoms. The second-order valence-corrected chi connectivity index (χ2v) is 8.90. The van der Waals surface area contributed by atoms with E-state index in [0.29, 0.717) is 12.1 Å². The Labute approximate surface area is 199 Å². The van der Waals surface area contributed by atoms with Crippen LogP contribution in [0, 0.1) is 11.8 Å². The van der Waals surface area contributed by atoms with Gasteiger partial charge in [0.2, 0.25) is 17.7 Å².